The van der Waals surface area contributed by atoms with Crippen molar-refractivity contribution in [3.63, 3.8) is 0 Å². The minimum Gasteiger partial charge on any atom is -0.494 e. The van der Waals surface area contributed by atoms with Crippen molar-refractivity contribution in [3.05, 3.63) is 65.7 Å². The highest BCUT2D eigenvalue weighted by molar-refractivity contribution is 5.35. The lowest BCUT2D eigenvalue weighted by molar-refractivity contribution is 0.339. The summed E-state index contributed by atoms with van der Waals surface area (Å²) in [6, 6.07) is 19.7. The van der Waals surface area contributed by atoms with Crippen molar-refractivity contribution in [1.29, 1.82) is 0 Å². The maximum absolute atomic E-state index is 5.63. The summed E-state index contributed by atoms with van der Waals surface area (Å²) in [5.74, 6) is 1.50. The van der Waals surface area contributed by atoms with Gasteiger partial charge in [-0.05, 0) is 43.1 Å². The van der Waals surface area contributed by atoms with Gasteiger partial charge in [0.25, 0.3) is 0 Å². The van der Waals surface area contributed by atoms with Gasteiger partial charge in [0.1, 0.15) is 5.75 Å². The lowest BCUT2D eigenvalue weighted by Crippen LogP contribution is -2.16. The van der Waals surface area contributed by atoms with E-state index in [2.05, 4.69) is 53.8 Å². The molecule has 0 amide bonds. The van der Waals surface area contributed by atoms with Gasteiger partial charge in [-0.25, -0.2) is 0 Å². The van der Waals surface area contributed by atoms with E-state index < -0.39 is 0 Å². The Morgan fingerprint density at radius 2 is 1.85 bits per heavy atom. The zero-order valence-corrected chi connectivity index (χ0v) is 11.9. The second-order valence-electron chi connectivity index (χ2n) is 5.24. The highest BCUT2D eigenvalue weighted by Gasteiger charge is 2.29. The molecule has 0 aromatic heterocycles. The first-order chi connectivity index (χ1) is 9.88. The quantitative estimate of drug-likeness (QED) is 0.907. The van der Waals surface area contributed by atoms with Crippen LogP contribution >= 0.6 is 0 Å². The third kappa shape index (κ3) is 2.70. The van der Waals surface area contributed by atoms with E-state index in [1.165, 1.54) is 17.5 Å². The molecule has 2 heteroatoms. The van der Waals surface area contributed by atoms with Crippen molar-refractivity contribution in [2.75, 3.05) is 13.2 Å². The Morgan fingerprint density at radius 3 is 2.65 bits per heavy atom. The van der Waals surface area contributed by atoms with E-state index in [1.54, 1.807) is 0 Å². The summed E-state index contributed by atoms with van der Waals surface area (Å²) in [6.45, 7) is 3.81. The molecule has 1 aliphatic heterocycles. The molecule has 0 bridgehead atoms. The minimum atomic E-state index is 0.410. The van der Waals surface area contributed by atoms with Crippen molar-refractivity contribution in [1.82, 2.24) is 5.32 Å². The van der Waals surface area contributed by atoms with Gasteiger partial charge in [-0.15, -0.1) is 0 Å². The molecule has 0 radical (unpaired) electrons. The zero-order valence-electron chi connectivity index (χ0n) is 11.9. The molecule has 20 heavy (non-hydrogen) atoms. The Labute approximate surface area is 120 Å². The van der Waals surface area contributed by atoms with Crippen LogP contribution in [0.15, 0.2) is 54.6 Å². The zero-order chi connectivity index (χ0) is 13.8. The lowest BCUT2D eigenvalue weighted by atomic mass is 9.88. The molecule has 1 N–H and O–H groups in total. The number of ether oxygens (including phenoxy) is 1. The van der Waals surface area contributed by atoms with Crippen LogP contribution in [0.2, 0.25) is 0 Å². The van der Waals surface area contributed by atoms with Crippen molar-refractivity contribution in [3.8, 4) is 5.75 Å². The second kappa shape index (κ2) is 6.10. The average molecular weight is 267 g/mol. The lowest BCUT2D eigenvalue weighted by Gasteiger charge is -2.21. The second-order valence-corrected chi connectivity index (χ2v) is 5.24. The van der Waals surface area contributed by atoms with E-state index in [4.69, 9.17) is 4.74 Å². The van der Waals surface area contributed by atoms with Crippen LogP contribution < -0.4 is 10.1 Å². The van der Waals surface area contributed by atoms with Crippen molar-refractivity contribution in [2.45, 2.75) is 25.3 Å². The molecule has 0 saturated carbocycles. The number of hydrogen-bond acceptors (Lipinski definition) is 2. The van der Waals surface area contributed by atoms with Gasteiger partial charge in [0, 0.05) is 12.0 Å². The molecule has 1 aliphatic rings. The highest BCUT2D eigenvalue weighted by Crippen LogP contribution is 2.38. The fourth-order valence-corrected chi connectivity index (χ4v) is 3.07. The van der Waals surface area contributed by atoms with E-state index in [-0.39, 0.29) is 0 Å². The van der Waals surface area contributed by atoms with Gasteiger partial charge >= 0.3 is 0 Å². The summed E-state index contributed by atoms with van der Waals surface area (Å²) in [7, 11) is 0. The molecule has 104 valence electrons. The van der Waals surface area contributed by atoms with Gasteiger partial charge in [-0.1, -0.05) is 42.5 Å². The number of nitrogens with one attached hydrogen (secondary N) is 1. The summed E-state index contributed by atoms with van der Waals surface area (Å²) < 4.78 is 5.63. The minimum absolute atomic E-state index is 0.410. The van der Waals surface area contributed by atoms with Gasteiger partial charge in [0.2, 0.25) is 0 Å². The van der Waals surface area contributed by atoms with Gasteiger partial charge in [-0.2, -0.15) is 0 Å². The van der Waals surface area contributed by atoms with Gasteiger partial charge in [0.05, 0.1) is 6.61 Å². The van der Waals surface area contributed by atoms with Crippen LogP contribution in [0.3, 0.4) is 0 Å². The number of benzene rings is 2. The molecule has 2 aromatic carbocycles. The van der Waals surface area contributed by atoms with Gasteiger partial charge < -0.3 is 10.1 Å². The summed E-state index contributed by atoms with van der Waals surface area (Å²) in [5, 5.41) is 3.63. The fourth-order valence-electron chi connectivity index (χ4n) is 3.07. The smallest absolute Gasteiger partial charge is 0.119 e. The van der Waals surface area contributed by atoms with E-state index in [1.807, 2.05) is 13.0 Å². The van der Waals surface area contributed by atoms with Crippen LogP contribution in [0.5, 0.6) is 5.75 Å². The van der Waals surface area contributed by atoms with Crippen molar-refractivity contribution < 1.29 is 4.74 Å². The summed E-state index contributed by atoms with van der Waals surface area (Å²) >= 11 is 0. The molecule has 3 rings (SSSR count). The summed E-state index contributed by atoms with van der Waals surface area (Å²) in [4.78, 5) is 0. The third-order valence-corrected chi connectivity index (χ3v) is 3.98. The average Bonchev–Trinajstić information content (AvgIpc) is 2.98. The maximum Gasteiger partial charge on any atom is 0.119 e. The molecule has 2 unspecified atom stereocenters. The molecular weight excluding hydrogens is 246 g/mol. The van der Waals surface area contributed by atoms with Crippen LogP contribution in [0, 0.1) is 0 Å². The van der Waals surface area contributed by atoms with E-state index >= 15 is 0 Å². The predicted molar refractivity (Wildman–Crippen MR) is 82.2 cm³/mol. The standard InChI is InChI=1S/C18H21NO/c1-2-20-16-10-6-9-15(13-16)17-11-12-19-18(17)14-7-4-3-5-8-14/h3-10,13,17-19H,2,11-12H2,1H3. The molecule has 1 saturated heterocycles. The van der Waals surface area contributed by atoms with Crippen molar-refractivity contribution >= 4 is 0 Å². The molecule has 2 nitrogen and oxygen atoms in total. The van der Waals surface area contributed by atoms with Crippen LogP contribution in [-0.4, -0.2) is 13.2 Å². The molecule has 0 aliphatic carbocycles. The fraction of sp³-hybridized carbons (Fsp3) is 0.333. The molecule has 0 spiro atoms. The van der Waals surface area contributed by atoms with Crippen LogP contribution in [-0.2, 0) is 0 Å². The maximum atomic E-state index is 5.63. The number of hydrogen-bond donors (Lipinski definition) is 1. The largest absolute Gasteiger partial charge is 0.494 e. The Hall–Kier alpha value is -1.80. The first kappa shape index (κ1) is 13.2. The normalized spacial score (nSPS) is 21.9. The molecular formula is C18H21NO. The summed E-state index contributed by atoms with van der Waals surface area (Å²) in [6.07, 6.45) is 1.18. The van der Waals surface area contributed by atoms with Crippen LogP contribution in [0.4, 0.5) is 0 Å². The molecule has 2 aromatic rings. The summed E-state index contributed by atoms with van der Waals surface area (Å²) in [5.41, 5.74) is 2.74. The molecule has 2 atom stereocenters. The Balaban J connectivity index is 1.87. The Kier molecular flexibility index (Phi) is 4.03. The molecule has 1 heterocycles. The monoisotopic (exact) mass is 267 g/mol. The van der Waals surface area contributed by atoms with Crippen molar-refractivity contribution in [2.24, 2.45) is 0 Å². The third-order valence-electron chi connectivity index (χ3n) is 3.98. The van der Waals surface area contributed by atoms with E-state index in [0.717, 1.165) is 12.3 Å². The van der Waals surface area contributed by atoms with Gasteiger partial charge in [-0.3, -0.25) is 0 Å². The van der Waals surface area contributed by atoms with Crippen LogP contribution in [0.1, 0.15) is 36.4 Å². The molecule has 1 fully saturated rings. The first-order valence-electron chi connectivity index (χ1n) is 7.39. The highest BCUT2D eigenvalue weighted by atomic mass is 16.5. The topological polar surface area (TPSA) is 21.3 Å². The Morgan fingerprint density at radius 1 is 1.05 bits per heavy atom. The van der Waals surface area contributed by atoms with E-state index in [0.29, 0.717) is 18.6 Å². The Bertz CT molecular complexity index is 552. The van der Waals surface area contributed by atoms with Gasteiger partial charge in [0.15, 0.2) is 0 Å². The number of rotatable bonds is 4. The first-order valence-corrected chi connectivity index (χ1v) is 7.39. The predicted octanol–water partition coefficient (Wildman–Crippen LogP) is 3.90. The van der Waals surface area contributed by atoms with Crippen LogP contribution in [0.25, 0.3) is 0 Å². The van der Waals surface area contributed by atoms with E-state index in [9.17, 15) is 0 Å². The SMILES string of the molecule is CCOc1cccc(C2CCNC2c2ccccc2)c1.